The van der Waals surface area contributed by atoms with Crippen molar-refractivity contribution < 1.29 is 27.4 Å². The molecule has 2 aromatic rings. The predicted molar refractivity (Wildman–Crippen MR) is 127 cm³/mol. The fraction of sp³-hybridized carbons (Fsp3) is 0.409. The van der Waals surface area contributed by atoms with Crippen LogP contribution >= 0.6 is 12.4 Å². The van der Waals surface area contributed by atoms with Crippen molar-refractivity contribution in [3.05, 3.63) is 48.5 Å². The Balaban J connectivity index is 0.00000385. The Hall–Kier alpha value is -2.53. The number of carbonyl (C=O) groups excluding carboxylic acids is 1. The van der Waals surface area contributed by atoms with Gasteiger partial charge in [-0.3, -0.25) is 9.69 Å². The Morgan fingerprint density at radius 2 is 1.39 bits per heavy atom. The van der Waals surface area contributed by atoms with Crippen LogP contribution in [0.2, 0.25) is 0 Å². The minimum atomic E-state index is -3.53. The smallest absolute Gasteiger partial charge is 0.257 e. The van der Waals surface area contributed by atoms with Gasteiger partial charge in [-0.05, 0) is 48.5 Å². The second-order valence-electron chi connectivity index (χ2n) is 7.24. The highest BCUT2D eigenvalue weighted by Crippen LogP contribution is 2.20. The highest BCUT2D eigenvalue weighted by molar-refractivity contribution is 7.89. The summed E-state index contributed by atoms with van der Waals surface area (Å²) in [7, 11) is -0.399. The molecule has 0 radical (unpaired) electrons. The summed E-state index contributed by atoms with van der Waals surface area (Å²) in [6, 6.07) is 13.4. The molecule has 9 nitrogen and oxygen atoms in total. The molecule has 1 aliphatic heterocycles. The Kier molecular flexibility index (Phi) is 10.2. The van der Waals surface area contributed by atoms with E-state index in [0.29, 0.717) is 50.8 Å². The molecule has 0 aliphatic carbocycles. The number of nitrogens with zero attached hydrogens (tertiary/aromatic N) is 2. The highest BCUT2D eigenvalue weighted by atomic mass is 35.5. The molecule has 0 saturated carbocycles. The van der Waals surface area contributed by atoms with Crippen LogP contribution in [0, 0.1) is 0 Å². The summed E-state index contributed by atoms with van der Waals surface area (Å²) in [5.41, 5.74) is 0. The van der Waals surface area contributed by atoms with Crippen LogP contribution in [0.1, 0.15) is 0 Å². The van der Waals surface area contributed by atoms with Crippen molar-refractivity contribution in [2.75, 3.05) is 60.1 Å². The minimum Gasteiger partial charge on any atom is -0.497 e. The molecule has 182 valence electrons. The summed E-state index contributed by atoms with van der Waals surface area (Å²) < 4.78 is 42.7. The van der Waals surface area contributed by atoms with Crippen molar-refractivity contribution in [2.45, 2.75) is 4.90 Å². The molecule has 1 N–H and O–H groups in total. The third-order valence-corrected chi connectivity index (χ3v) is 7.12. The monoisotopic (exact) mass is 499 g/mol. The lowest BCUT2D eigenvalue weighted by molar-refractivity contribution is -0.123. The van der Waals surface area contributed by atoms with Crippen molar-refractivity contribution >= 4 is 28.3 Å². The molecule has 0 spiro atoms. The molecule has 1 aliphatic rings. The number of methoxy groups -OCH3 is 2. The summed E-state index contributed by atoms with van der Waals surface area (Å²) >= 11 is 0. The van der Waals surface area contributed by atoms with Gasteiger partial charge >= 0.3 is 0 Å². The summed E-state index contributed by atoms with van der Waals surface area (Å²) in [5.74, 6) is 1.72. The first kappa shape index (κ1) is 26.7. The molecule has 0 atom stereocenters. The average Bonchev–Trinajstić information content (AvgIpc) is 2.83. The number of sulfonamides is 1. The van der Waals surface area contributed by atoms with E-state index in [9.17, 15) is 13.2 Å². The molecule has 3 rings (SSSR count). The molecule has 1 heterocycles. The van der Waals surface area contributed by atoms with Gasteiger partial charge in [-0.25, -0.2) is 8.42 Å². The van der Waals surface area contributed by atoms with Gasteiger partial charge in [0.2, 0.25) is 10.0 Å². The third-order valence-electron chi connectivity index (χ3n) is 5.21. The second kappa shape index (κ2) is 12.6. The van der Waals surface area contributed by atoms with Crippen molar-refractivity contribution in [1.29, 1.82) is 0 Å². The molecule has 33 heavy (non-hydrogen) atoms. The molecule has 1 amide bonds. The van der Waals surface area contributed by atoms with Crippen LogP contribution in [0.3, 0.4) is 0 Å². The zero-order valence-electron chi connectivity index (χ0n) is 18.7. The number of halogens is 1. The normalized spacial score (nSPS) is 14.7. The molecule has 0 aromatic heterocycles. The van der Waals surface area contributed by atoms with E-state index in [1.807, 2.05) is 0 Å². The van der Waals surface area contributed by atoms with Gasteiger partial charge in [-0.15, -0.1) is 12.4 Å². The maximum absolute atomic E-state index is 12.8. The zero-order valence-corrected chi connectivity index (χ0v) is 20.4. The van der Waals surface area contributed by atoms with E-state index in [-0.39, 0.29) is 29.8 Å². The van der Waals surface area contributed by atoms with E-state index >= 15 is 0 Å². The number of piperazine rings is 1. The third kappa shape index (κ3) is 7.50. The van der Waals surface area contributed by atoms with Gasteiger partial charge in [0, 0.05) is 39.3 Å². The summed E-state index contributed by atoms with van der Waals surface area (Å²) in [6.45, 7) is 3.06. The Morgan fingerprint density at radius 1 is 0.879 bits per heavy atom. The lowest BCUT2D eigenvalue weighted by atomic mass is 10.3. The quantitative estimate of drug-likeness (QED) is 0.530. The molecular weight excluding hydrogens is 470 g/mol. The van der Waals surface area contributed by atoms with E-state index in [1.54, 1.807) is 62.8 Å². The Bertz CT molecular complexity index is 978. The van der Waals surface area contributed by atoms with E-state index in [2.05, 4.69) is 10.2 Å². The molecule has 0 unspecified atom stereocenters. The maximum atomic E-state index is 12.8. The molecule has 1 saturated heterocycles. The molecule has 2 aromatic carbocycles. The standard InChI is InChI=1S/C22H29N3O6S.ClH/c1-29-18-3-5-20(6-4-18)31-17-22(26)23-11-12-24-13-15-25(16-14-24)32(27,28)21-9-7-19(30-2)8-10-21;/h3-10H,11-17H2,1-2H3,(H,23,26);1H. The first-order valence-corrected chi connectivity index (χ1v) is 11.8. The van der Waals surface area contributed by atoms with E-state index in [1.165, 1.54) is 4.31 Å². The van der Waals surface area contributed by atoms with E-state index < -0.39 is 10.0 Å². The number of benzene rings is 2. The SMILES string of the molecule is COc1ccc(OCC(=O)NCCN2CCN(S(=O)(=O)c3ccc(OC)cc3)CC2)cc1.Cl. The van der Waals surface area contributed by atoms with Crippen LogP contribution in [0.4, 0.5) is 0 Å². The van der Waals surface area contributed by atoms with Crippen LogP contribution in [0.5, 0.6) is 17.2 Å². The summed E-state index contributed by atoms with van der Waals surface area (Å²) in [5, 5.41) is 2.83. The first-order chi connectivity index (χ1) is 15.4. The van der Waals surface area contributed by atoms with Crippen LogP contribution in [-0.4, -0.2) is 83.6 Å². The van der Waals surface area contributed by atoms with Gasteiger partial charge in [0.25, 0.3) is 5.91 Å². The maximum Gasteiger partial charge on any atom is 0.257 e. The summed E-state index contributed by atoms with van der Waals surface area (Å²) in [6.07, 6.45) is 0. The van der Waals surface area contributed by atoms with Crippen molar-refractivity contribution in [3.63, 3.8) is 0 Å². The van der Waals surface area contributed by atoms with Gasteiger partial charge in [0.15, 0.2) is 6.61 Å². The number of hydrogen-bond acceptors (Lipinski definition) is 7. The minimum absolute atomic E-state index is 0. The number of carbonyl (C=O) groups is 1. The van der Waals surface area contributed by atoms with Gasteiger partial charge in [-0.1, -0.05) is 0 Å². The van der Waals surface area contributed by atoms with Gasteiger partial charge < -0.3 is 19.5 Å². The number of nitrogens with one attached hydrogen (secondary N) is 1. The fourth-order valence-electron chi connectivity index (χ4n) is 3.32. The number of hydrogen-bond donors (Lipinski definition) is 1. The lowest BCUT2D eigenvalue weighted by Crippen LogP contribution is -2.50. The number of amides is 1. The largest absolute Gasteiger partial charge is 0.497 e. The van der Waals surface area contributed by atoms with E-state index in [4.69, 9.17) is 14.2 Å². The van der Waals surface area contributed by atoms with Crippen molar-refractivity contribution in [3.8, 4) is 17.2 Å². The van der Waals surface area contributed by atoms with Crippen LogP contribution < -0.4 is 19.5 Å². The first-order valence-electron chi connectivity index (χ1n) is 10.3. The van der Waals surface area contributed by atoms with Crippen molar-refractivity contribution in [2.24, 2.45) is 0 Å². The summed E-state index contributed by atoms with van der Waals surface area (Å²) in [4.78, 5) is 14.4. The Morgan fingerprint density at radius 3 is 1.94 bits per heavy atom. The van der Waals surface area contributed by atoms with E-state index in [0.717, 1.165) is 5.75 Å². The van der Waals surface area contributed by atoms with Gasteiger partial charge in [0.05, 0.1) is 19.1 Å². The lowest BCUT2D eigenvalue weighted by Gasteiger charge is -2.34. The zero-order chi connectivity index (χ0) is 23.0. The molecular formula is C22H30ClN3O6S. The average molecular weight is 500 g/mol. The van der Waals surface area contributed by atoms with Gasteiger partial charge in [0.1, 0.15) is 17.2 Å². The van der Waals surface area contributed by atoms with Crippen LogP contribution in [-0.2, 0) is 14.8 Å². The molecule has 1 fully saturated rings. The predicted octanol–water partition coefficient (Wildman–Crippen LogP) is 1.63. The van der Waals surface area contributed by atoms with Crippen LogP contribution in [0.25, 0.3) is 0 Å². The Labute approximate surface area is 201 Å². The highest BCUT2D eigenvalue weighted by Gasteiger charge is 2.28. The molecule has 0 bridgehead atoms. The topological polar surface area (TPSA) is 97.4 Å². The number of rotatable bonds is 10. The molecule has 11 heteroatoms. The number of ether oxygens (including phenoxy) is 3. The van der Waals surface area contributed by atoms with Crippen molar-refractivity contribution in [1.82, 2.24) is 14.5 Å². The van der Waals surface area contributed by atoms with Crippen LogP contribution in [0.15, 0.2) is 53.4 Å². The second-order valence-corrected chi connectivity index (χ2v) is 9.17. The van der Waals surface area contributed by atoms with Gasteiger partial charge in [-0.2, -0.15) is 4.31 Å². The fourth-order valence-corrected chi connectivity index (χ4v) is 4.74.